The van der Waals surface area contributed by atoms with Gasteiger partial charge in [0.25, 0.3) is 0 Å². The van der Waals surface area contributed by atoms with Crippen molar-refractivity contribution in [2.75, 3.05) is 71.0 Å². The normalized spacial score (nSPS) is 18.3. The fraction of sp³-hybridized carbons (Fsp3) is 0.418. The second-order valence-corrected chi connectivity index (χ2v) is 26.9. The van der Waals surface area contributed by atoms with Gasteiger partial charge in [-0.25, -0.2) is 24.0 Å². The van der Waals surface area contributed by atoms with Gasteiger partial charge in [0.05, 0.1) is 51.4 Å². The van der Waals surface area contributed by atoms with Gasteiger partial charge in [-0.15, -0.1) is 40.8 Å². The Kier molecular flexibility index (Phi) is 32.5. The Balaban J connectivity index is 0.000000231. The molecule has 0 saturated heterocycles. The lowest BCUT2D eigenvalue weighted by Crippen LogP contribution is -2.44. The molecule has 4 aliphatic carbocycles. The number of fused-ring (bicyclic) bond motifs is 2. The fourth-order valence-corrected chi connectivity index (χ4v) is 12.6. The van der Waals surface area contributed by atoms with Crippen molar-refractivity contribution in [3.8, 4) is 45.6 Å². The summed E-state index contributed by atoms with van der Waals surface area (Å²) in [5.41, 5.74) is 11.2. The fourth-order valence-electron chi connectivity index (χ4n) is 12.6. The number of nitrogens with zero attached hydrogens (tertiary/aromatic N) is 11. The van der Waals surface area contributed by atoms with Gasteiger partial charge in [-0.1, -0.05) is 154 Å². The standard InChI is InChI=1S/C40H56N10O8.C36H32N10O5.C3H8/c1-25-47-49-37(50-48-25)34-16-15-26(20-43-34)46-36(52)19-35(51)41-17-10-18-42-40(55)58-27(21-44-38(53)56-23-32-28-11-6-2-3-7-12-29(28)32)22-45-39(54)57-24-33-30-13-8-4-5-9-14-31(30)33;47-35(50-23-25-11-15-29(16-12-25)33-43-39-31(40-44-33)27-7-3-1-4-8-27)37-19-21-49-22-20-38-36(48)51-24-26-13-17-30(18-14-26)34-45-41-32(42-46-34)28-9-5-2-6-10-28;1-3-2/h2-5,15-16,20,27-33H,6-14,17-19,21-24H2,1H3,(H,41,51)(H,42,55)(H,44,53)(H,45,54)(H,46,52)(H,47,48)(H,49,50);1-18H,19-24H2,(H,37,47)(H,38,48);3H2,1-2H3/b3-2+,5-4+;;/t27?,28-,29+,30-,31+,32?,33?;;. The highest BCUT2D eigenvalue weighted by atomic mass is 16.6. The molecule has 3 aromatic heterocycles. The number of allylic oxidation sites excluding steroid dienone is 4. The molecule has 9 N–H and O–H groups in total. The molecular weight excluding hydrogens is 1440 g/mol. The molecule has 0 spiro atoms. The number of pyridine rings is 1. The first-order valence-corrected chi connectivity index (χ1v) is 37.8. The first-order chi connectivity index (χ1) is 54.7. The zero-order valence-electron chi connectivity index (χ0n) is 63.0. The van der Waals surface area contributed by atoms with E-state index < -0.39 is 54.8 Å². The number of amidine groups is 2. The van der Waals surface area contributed by atoms with E-state index in [2.05, 4.69) is 142 Å². The highest BCUT2D eigenvalue weighted by molar-refractivity contribution is 6.04. The monoisotopic (exact) mass is 1530 g/mol. The van der Waals surface area contributed by atoms with E-state index in [0.29, 0.717) is 101 Å². The molecular formula is C79H96N20O13. The van der Waals surface area contributed by atoms with Crippen molar-refractivity contribution in [3.05, 3.63) is 169 Å². The maximum absolute atomic E-state index is 12.7. The summed E-state index contributed by atoms with van der Waals surface area (Å²) in [5, 5.41) is 59.9. The second-order valence-electron chi connectivity index (χ2n) is 26.9. The summed E-state index contributed by atoms with van der Waals surface area (Å²) in [6, 6.07) is 36.7. The molecule has 0 bridgehead atoms. The molecule has 4 aromatic carbocycles. The number of rotatable bonds is 31. The number of carbonyl (C=O) groups excluding carboxylic acids is 7. The second kappa shape index (κ2) is 44.3. The van der Waals surface area contributed by atoms with E-state index in [-0.39, 0.29) is 65.7 Å². The van der Waals surface area contributed by atoms with Crippen LogP contribution in [-0.2, 0) is 51.2 Å². The predicted octanol–water partition coefficient (Wildman–Crippen LogP) is 9.74. The van der Waals surface area contributed by atoms with Crippen LogP contribution >= 0.6 is 0 Å². The molecule has 5 aliphatic rings. The molecule has 2 fully saturated rings. The molecule has 1 aliphatic heterocycles. The highest BCUT2D eigenvalue weighted by Gasteiger charge is 2.50. The average Bonchev–Trinajstić information content (AvgIpc) is 1.63. The molecule has 2 saturated carbocycles. The minimum absolute atomic E-state index is 0.0831. The Bertz CT molecular complexity index is 4040. The first kappa shape index (κ1) is 82.1. The number of carbonyl (C=O) groups is 7. The van der Waals surface area contributed by atoms with E-state index in [0.717, 1.165) is 84.7 Å². The van der Waals surface area contributed by atoms with Crippen molar-refractivity contribution in [1.29, 1.82) is 0 Å². The number of hydrogen-bond donors (Lipinski definition) is 9. The predicted molar refractivity (Wildman–Crippen MR) is 414 cm³/mol. The lowest BCUT2D eigenvalue weighted by Gasteiger charge is -2.19. The lowest BCUT2D eigenvalue weighted by atomic mass is 10.1. The Morgan fingerprint density at radius 3 is 1.29 bits per heavy atom. The van der Waals surface area contributed by atoms with E-state index in [1.807, 2.05) is 109 Å². The van der Waals surface area contributed by atoms with Crippen LogP contribution < -0.4 is 48.1 Å². The Morgan fingerprint density at radius 1 is 0.455 bits per heavy atom. The number of amides is 7. The number of benzene rings is 4. The van der Waals surface area contributed by atoms with Gasteiger partial charge in [0.15, 0.2) is 5.84 Å². The first-order valence-electron chi connectivity index (χ1n) is 37.8. The van der Waals surface area contributed by atoms with Gasteiger partial charge in [-0.2, -0.15) is 10.2 Å². The summed E-state index contributed by atoms with van der Waals surface area (Å²) in [5.74, 6) is 4.74. The van der Waals surface area contributed by atoms with Gasteiger partial charge in [-0.05, 0) is 123 Å². The Hall–Kier alpha value is -12.4. The van der Waals surface area contributed by atoms with Crippen LogP contribution in [0, 0.1) is 35.5 Å². The van der Waals surface area contributed by atoms with Crippen molar-refractivity contribution in [3.63, 3.8) is 0 Å². The number of alkyl carbamates (subject to hydrolysis) is 5. The van der Waals surface area contributed by atoms with Crippen LogP contribution in [0.25, 0.3) is 45.6 Å². The van der Waals surface area contributed by atoms with E-state index in [1.165, 1.54) is 12.6 Å². The third-order valence-electron chi connectivity index (χ3n) is 18.5. The van der Waals surface area contributed by atoms with Gasteiger partial charge in [-0.3, -0.25) is 25.4 Å². The van der Waals surface area contributed by atoms with Gasteiger partial charge in [0, 0.05) is 48.4 Å². The van der Waals surface area contributed by atoms with Gasteiger partial charge >= 0.3 is 30.5 Å². The molecule has 7 aromatic rings. The zero-order valence-corrected chi connectivity index (χ0v) is 63.0. The number of hydrazone groups is 2. The lowest BCUT2D eigenvalue weighted by molar-refractivity contribution is -0.126. The molecule has 4 heterocycles. The van der Waals surface area contributed by atoms with Crippen molar-refractivity contribution in [2.24, 2.45) is 45.7 Å². The maximum Gasteiger partial charge on any atom is 0.407 e. The highest BCUT2D eigenvalue weighted by Crippen LogP contribution is 2.53. The quantitative estimate of drug-likeness (QED) is 0.00844. The minimum Gasteiger partial charge on any atom is -0.449 e. The molecule has 112 heavy (non-hydrogen) atoms. The Morgan fingerprint density at radius 2 is 0.875 bits per heavy atom. The third-order valence-corrected chi connectivity index (χ3v) is 18.5. The van der Waals surface area contributed by atoms with Gasteiger partial charge < -0.3 is 65.6 Å². The summed E-state index contributed by atoms with van der Waals surface area (Å²) in [6.07, 6.45) is 16.1. The number of anilines is 1. The van der Waals surface area contributed by atoms with Crippen LogP contribution in [0.2, 0.25) is 0 Å². The summed E-state index contributed by atoms with van der Waals surface area (Å²) >= 11 is 0. The van der Waals surface area contributed by atoms with Crippen LogP contribution in [0.15, 0.2) is 162 Å². The minimum atomic E-state index is -0.916. The number of aromatic nitrogens is 9. The van der Waals surface area contributed by atoms with Crippen LogP contribution in [-0.4, -0.2) is 172 Å². The van der Waals surface area contributed by atoms with E-state index in [1.54, 1.807) is 19.1 Å². The number of nitrogens with one attached hydrogen (secondary N) is 9. The smallest absolute Gasteiger partial charge is 0.407 e. The molecule has 0 radical (unpaired) electrons. The topological polar surface area (TPSA) is 424 Å². The number of ether oxygens (including phenoxy) is 6. The SMILES string of the molecule is CC1=NNC(c2ccc(NC(=O)CC(=O)NCCCNC(=O)OC(CNC(=O)OCC3[C@H]4CC/C=C/CC[C@@H]34)CNC(=O)OCC3[C@H]4CC/C=C/CC[C@@H]34)cn2)=NN1.CCC.O=C(NCCOCCNC(=O)OCc1ccc(-c2nnc(-c3ccccc3)nn2)cc1)OCc1ccc(-c2nnc(-c3ccccc3)nn2)cc1. The van der Waals surface area contributed by atoms with Crippen molar-refractivity contribution >= 4 is 59.6 Å². The van der Waals surface area contributed by atoms with Gasteiger partial charge in [0.2, 0.25) is 35.1 Å². The van der Waals surface area contributed by atoms with Crippen molar-refractivity contribution < 1.29 is 62.0 Å². The molecule has 2 unspecified atom stereocenters. The number of hydrogen-bond acceptors (Lipinski definition) is 26. The molecule has 7 amide bonds. The van der Waals surface area contributed by atoms with E-state index in [9.17, 15) is 33.6 Å². The van der Waals surface area contributed by atoms with Crippen molar-refractivity contribution in [2.45, 2.75) is 111 Å². The van der Waals surface area contributed by atoms with E-state index in [4.69, 9.17) is 28.4 Å². The van der Waals surface area contributed by atoms with E-state index >= 15 is 0 Å². The molecule has 33 nitrogen and oxygen atoms in total. The summed E-state index contributed by atoms with van der Waals surface area (Å²) in [4.78, 5) is 91.1. The summed E-state index contributed by atoms with van der Waals surface area (Å²) in [7, 11) is 0. The molecule has 590 valence electrons. The summed E-state index contributed by atoms with van der Waals surface area (Å²) in [6.45, 7) is 7.96. The zero-order chi connectivity index (χ0) is 78.5. The van der Waals surface area contributed by atoms with Crippen LogP contribution in [0.1, 0.15) is 108 Å². The average molecular weight is 1530 g/mol. The molecule has 12 rings (SSSR count). The Labute approximate surface area is 649 Å². The maximum atomic E-state index is 12.7. The van der Waals surface area contributed by atoms with Gasteiger partial charge in [0.1, 0.15) is 37.3 Å². The van der Waals surface area contributed by atoms with Crippen LogP contribution in [0.5, 0.6) is 0 Å². The van der Waals surface area contributed by atoms with Crippen LogP contribution in [0.4, 0.5) is 29.7 Å². The largest absolute Gasteiger partial charge is 0.449 e. The molecule has 6 atom stereocenters. The summed E-state index contributed by atoms with van der Waals surface area (Å²) < 4.78 is 32.6. The van der Waals surface area contributed by atoms with Crippen molar-refractivity contribution in [1.82, 2.24) is 88.5 Å². The third kappa shape index (κ3) is 27.6. The molecule has 33 heteroatoms. The van der Waals surface area contributed by atoms with Crippen LogP contribution in [0.3, 0.4) is 0 Å².